The molecule has 0 bridgehead atoms. The monoisotopic (exact) mass is 965 g/mol. The molecule has 3 heteroatoms. The van der Waals surface area contributed by atoms with E-state index in [9.17, 15) is 0 Å². The summed E-state index contributed by atoms with van der Waals surface area (Å²) in [4.78, 5) is 2.32. The van der Waals surface area contributed by atoms with Gasteiger partial charge in [0.2, 0.25) is 0 Å². The molecule has 356 valence electrons. The molecule has 0 N–H and O–H groups in total. The highest BCUT2D eigenvalue weighted by atomic mass is 19.1. The number of nitrogens with zero attached hydrogens (tertiary/aromatic N) is 1. The molecule has 0 saturated carbocycles. The average molecular weight is 966 g/mol. The predicted octanol–water partition coefficient (Wildman–Crippen LogP) is 18.8. The van der Waals surface area contributed by atoms with Crippen LogP contribution in [-0.2, 0) is 10.8 Å². The maximum absolute atomic E-state index is 17.0. The van der Waals surface area contributed by atoms with Crippen LogP contribution in [0.25, 0.3) is 56.7 Å². The lowest BCUT2D eigenvalue weighted by atomic mass is 9.67. The lowest BCUT2D eigenvalue weighted by Crippen LogP contribution is -2.30. The first-order valence-corrected chi connectivity index (χ1v) is 25.4. The van der Waals surface area contributed by atoms with Gasteiger partial charge in [-0.2, -0.15) is 0 Å². The number of hydrogen-bond acceptors (Lipinski definition) is 1. The number of anilines is 3. The highest BCUT2D eigenvalue weighted by Crippen LogP contribution is 2.60. The van der Waals surface area contributed by atoms with Crippen molar-refractivity contribution >= 4 is 29.2 Å². The van der Waals surface area contributed by atoms with E-state index in [0.29, 0.717) is 11.1 Å². The smallest absolute Gasteiger partial charge is 0.127 e. The number of halogens is 2. The number of fused-ring (bicyclic) bond motifs is 6. The molecule has 75 heavy (non-hydrogen) atoms. The van der Waals surface area contributed by atoms with E-state index in [4.69, 9.17) is 0 Å². The van der Waals surface area contributed by atoms with Gasteiger partial charge in [0.15, 0.2) is 0 Å². The fourth-order valence-electron chi connectivity index (χ4n) is 12.4. The Labute approximate surface area is 437 Å². The zero-order valence-corrected chi connectivity index (χ0v) is 41.1. The minimum atomic E-state index is -1.03. The SMILES string of the molecule is C=Cc1ccc(C2(c3ccccc3F)c3ccccc3-c3ccc(N(c4cccc(-c5cccc(-c6ccccc6)c5)c4)c4ccc5c(c4)C(c4ccc(C=C)cc4)(c4ccccc4F)c4ccccc4-5)cc32)cc1. The quantitative estimate of drug-likeness (QED) is 0.125. The Morgan fingerprint density at radius 2 is 0.667 bits per heavy atom. The van der Waals surface area contributed by atoms with Crippen LogP contribution in [0.4, 0.5) is 25.8 Å². The molecule has 0 heterocycles. The van der Waals surface area contributed by atoms with Crippen LogP contribution in [0.1, 0.15) is 55.6 Å². The van der Waals surface area contributed by atoms with Crippen LogP contribution in [0.5, 0.6) is 0 Å². The fraction of sp³-hybridized carbons (Fsp3) is 0.0278. The van der Waals surface area contributed by atoms with Crippen LogP contribution in [0.2, 0.25) is 0 Å². The third kappa shape index (κ3) is 7.11. The van der Waals surface area contributed by atoms with Crippen LogP contribution in [0, 0.1) is 11.6 Å². The summed E-state index contributed by atoms with van der Waals surface area (Å²) in [5.41, 5.74) is 18.1. The van der Waals surface area contributed by atoms with Crippen molar-refractivity contribution in [2.24, 2.45) is 0 Å². The van der Waals surface area contributed by atoms with Crippen molar-refractivity contribution in [2.75, 3.05) is 4.90 Å². The van der Waals surface area contributed by atoms with Crippen LogP contribution >= 0.6 is 0 Å². The maximum atomic E-state index is 17.0. The first-order chi connectivity index (χ1) is 36.9. The molecule has 11 aromatic carbocycles. The van der Waals surface area contributed by atoms with Gasteiger partial charge in [0.05, 0.1) is 10.8 Å². The zero-order chi connectivity index (χ0) is 50.7. The third-order valence-corrected chi connectivity index (χ3v) is 15.7. The van der Waals surface area contributed by atoms with E-state index in [1.54, 1.807) is 24.3 Å². The van der Waals surface area contributed by atoms with E-state index in [2.05, 4.69) is 224 Å². The van der Waals surface area contributed by atoms with Gasteiger partial charge in [0, 0.05) is 28.2 Å². The molecule has 2 aliphatic carbocycles. The molecular formula is C72H49F2N. The van der Waals surface area contributed by atoms with E-state index in [1.165, 1.54) is 0 Å². The summed E-state index contributed by atoms with van der Waals surface area (Å²) < 4.78 is 34.1. The van der Waals surface area contributed by atoms with Gasteiger partial charge in [0.25, 0.3) is 0 Å². The number of benzene rings is 11. The number of hydrogen-bond donors (Lipinski definition) is 0. The van der Waals surface area contributed by atoms with Crippen LogP contribution in [-0.4, -0.2) is 0 Å². The van der Waals surface area contributed by atoms with Gasteiger partial charge in [0.1, 0.15) is 11.6 Å². The summed E-state index contributed by atoms with van der Waals surface area (Å²) in [7, 11) is 0. The summed E-state index contributed by atoms with van der Waals surface area (Å²) in [6, 6.07) is 89.1. The Morgan fingerprint density at radius 1 is 0.293 bits per heavy atom. The summed E-state index contributed by atoms with van der Waals surface area (Å²) >= 11 is 0. The summed E-state index contributed by atoms with van der Waals surface area (Å²) in [6.45, 7) is 8.10. The van der Waals surface area contributed by atoms with Crippen molar-refractivity contribution in [3.05, 3.63) is 341 Å². The molecular weight excluding hydrogens is 917 g/mol. The van der Waals surface area contributed by atoms with E-state index in [0.717, 1.165) is 106 Å². The van der Waals surface area contributed by atoms with E-state index < -0.39 is 10.8 Å². The molecule has 0 aromatic heterocycles. The average Bonchev–Trinajstić information content (AvgIpc) is 3.94. The second-order valence-corrected chi connectivity index (χ2v) is 19.5. The second-order valence-electron chi connectivity index (χ2n) is 19.5. The molecule has 0 fully saturated rings. The highest BCUT2D eigenvalue weighted by Gasteiger charge is 2.49. The van der Waals surface area contributed by atoms with Crippen molar-refractivity contribution in [1.29, 1.82) is 0 Å². The van der Waals surface area contributed by atoms with E-state index in [-0.39, 0.29) is 11.6 Å². The molecule has 2 aliphatic rings. The van der Waals surface area contributed by atoms with Gasteiger partial charge in [-0.05, 0) is 144 Å². The van der Waals surface area contributed by atoms with Crippen LogP contribution < -0.4 is 4.90 Å². The molecule has 0 saturated heterocycles. The largest absolute Gasteiger partial charge is 0.310 e. The molecule has 13 rings (SSSR count). The zero-order valence-electron chi connectivity index (χ0n) is 41.1. The van der Waals surface area contributed by atoms with E-state index in [1.807, 2.05) is 42.5 Å². The first-order valence-electron chi connectivity index (χ1n) is 25.4. The molecule has 0 spiro atoms. The minimum absolute atomic E-state index is 0.288. The number of rotatable bonds is 11. The molecule has 0 aliphatic heterocycles. The molecule has 2 unspecified atom stereocenters. The van der Waals surface area contributed by atoms with Crippen molar-refractivity contribution in [3.63, 3.8) is 0 Å². The van der Waals surface area contributed by atoms with Gasteiger partial charge in [-0.1, -0.05) is 232 Å². The molecule has 11 aromatic rings. The normalized spacial score (nSPS) is 15.8. The van der Waals surface area contributed by atoms with Gasteiger partial charge in [-0.3, -0.25) is 0 Å². The van der Waals surface area contributed by atoms with Gasteiger partial charge in [-0.25, -0.2) is 8.78 Å². The van der Waals surface area contributed by atoms with Gasteiger partial charge >= 0.3 is 0 Å². The Balaban J connectivity index is 1.09. The molecule has 1 nitrogen and oxygen atoms in total. The van der Waals surface area contributed by atoms with Crippen molar-refractivity contribution in [3.8, 4) is 44.5 Å². The summed E-state index contributed by atoms with van der Waals surface area (Å²) in [5, 5.41) is 0. The minimum Gasteiger partial charge on any atom is -0.310 e. The Hall–Kier alpha value is -9.44. The summed E-state index contributed by atoms with van der Waals surface area (Å²) in [6.07, 6.45) is 3.68. The Kier molecular flexibility index (Phi) is 11.1. The standard InChI is InChI=1S/C72H49F2N/c1-3-48-32-36-54(37-33-48)71(65-28-12-14-30-69(65)73)63-26-10-8-24-59(63)61-42-40-57(46-67(61)71)75(56-23-17-22-53(45-56)52-21-16-20-51(44-52)50-18-6-5-7-19-50)58-41-43-62-60-25-9-11-27-64(60)72(68(62)47-58,66-29-13-15-31-70(66)74)55-38-34-49(4-2)35-39-55/h3-47H,1-2H2. The molecule has 0 radical (unpaired) electrons. The molecule has 2 atom stereocenters. The highest BCUT2D eigenvalue weighted by molar-refractivity contribution is 5.93. The van der Waals surface area contributed by atoms with Crippen molar-refractivity contribution < 1.29 is 8.78 Å². The van der Waals surface area contributed by atoms with Gasteiger partial charge < -0.3 is 4.90 Å². The lowest BCUT2D eigenvalue weighted by Gasteiger charge is -2.36. The van der Waals surface area contributed by atoms with E-state index >= 15 is 8.78 Å². The fourth-order valence-corrected chi connectivity index (χ4v) is 12.4. The first kappa shape index (κ1) is 45.4. The Bertz CT molecular complexity index is 3820. The summed E-state index contributed by atoms with van der Waals surface area (Å²) in [5.74, 6) is -0.575. The lowest BCUT2D eigenvalue weighted by molar-refractivity contribution is 0.584. The second kappa shape index (κ2) is 18.2. The van der Waals surface area contributed by atoms with Crippen LogP contribution in [0.15, 0.2) is 274 Å². The van der Waals surface area contributed by atoms with Crippen molar-refractivity contribution in [1.82, 2.24) is 0 Å². The third-order valence-electron chi connectivity index (χ3n) is 15.7. The topological polar surface area (TPSA) is 3.24 Å². The maximum Gasteiger partial charge on any atom is 0.127 e. The Morgan fingerprint density at radius 3 is 1.15 bits per heavy atom. The van der Waals surface area contributed by atoms with Gasteiger partial charge in [-0.15, -0.1) is 0 Å². The predicted molar refractivity (Wildman–Crippen MR) is 307 cm³/mol. The molecule has 0 amide bonds. The van der Waals surface area contributed by atoms with Crippen LogP contribution in [0.3, 0.4) is 0 Å². The van der Waals surface area contributed by atoms with Crippen molar-refractivity contribution in [2.45, 2.75) is 10.8 Å².